The topological polar surface area (TPSA) is 62.3 Å². The molecule has 0 unspecified atom stereocenters. The van der Waals surface area contributed by atoms with Gasteiger partial charge in [0.05, 0.1) is 0 Å². The molecule has 6 heteroatoms. The van der Waals surface area contributed by atoms with E-state index in [2.05, 4.69) is 10.3 Å². The Hall–Kier alpha value is -2.21. The summed E-state index contributed by atoms with van der Waals surface area (Å²) in [5, 5.41) is 3.61. The van der Waals surface area contributed by atoms with Crippen LogP contribution < -0.4 is 5.32 Å². The third-order valence-electron chi connectivity index (χ3n) is 5.74. The van der Waals surface area contributed by atoms with Crippen LogP contribution in [-0.2, 0) is 11.3 Å². The number of carbonyl (C=O) groups excluding carboxylic acids is 2. The number of amides is 2. The molecule has 2 aliphatic rings. The van der Waals surface area contributed by atoms with E-state index >= 15 is 0 Å². The minimum Gasteiger partial charge on any atom is -0.334 e. The average Bonchev–Trinajstić information content (AvgIpc) is 3.19. The van der Waals surface area contributed by atoms with Crippen molar-refractivity contribution < 1.29 is 9.59 Å². The highest BCUT2D eigenvalue weighted by atomic mass is 32.1. The van der Waals surface area contributed by atoms with E-state index in [9.17, 15) is 9.59 Å². The van der Waals surface area contributed by atoms with E-state index in [4.69, 9.17) is 0 Å². The molecule has 1 aromatic carbocycles. The second-order valence-electron chi connectivity index (χ2n) is 7.88. The first-order valence-corrected chi connectivity index (χ1v) is 10.5. The van der Waals surface area contributed by atoms with Gasteiger partial charge >= 0.3 is 0 Å². The Morgan fingerprint density at radius 2 is 2.04 bits per heavy atom. The van der Waals surface area contributed by atoms with Crippen LogP contribution in [0.2, 0.25) is 0 Å². The zero-order valence-corrected chi connectivity index (χ0v) is 16.5. The Labute approximate surface area is 163 Å². The second-order valence-corrected chi connectivity index (χ2v) is 9.11. The number of anilines is 1. The molecule has 0 atom stereocenters. The van der Waals surface area contributed by atoms with Gasteiger partial charge < -0.3 is 10.2 Å². The normalized spacial score (nSPS) is 18.4. The molecule has 0 saturated heterocycles. The Morgan fingerprint density at radius 1 is 1.26 bits per heavy atom. The third-order valence-corrected chi connectivity index (χ3v) is 6.57. The van der Waals surface area contributed by atoms with Crippen LogP contribution in [0.4, 0.5) is 5.13 Å². The van der Waals surface area contributed by atoms with Crippen molar-refractivity contribution in [2.75, 3.05) is 11.9 Å². The fourth-order valence-electron chi connectivity index (χ4n) is 4.46. The highest BCUT2D eigenvalue weighted by Gasteiger charge is 2.39. The van der Waals surface area contributed by atoms with Crippen LogP contribution in [0.5, 0.6) is 0 Å². The molecule has 1 fully saturated rings. The molecule has 142 valence electrons. The number of thiazole rings is 1. The van der Waals surface area contributed by atoms with Crippen molar-refractivity contribution in [3.8, 4) is 0 Å². The van der Waals surface area contributed by atoms with Gasteiger partial charge in [0.2, 0.25) is 5.91 Å². The lowest BCUT2D eigenvalue weighted by atomic mass is 9.71. The number of nitrogens with zero attached hydrogens (tertiary/aromatic N) is 2. The molecular weight excluding hydrogens is 358 g/mol. The van der Waals surface area contributed by atoms with E-state index in [1.165, 1.54) is 17.8 Å². The first kappa shape index (κ1) is 18.2. The summed E-state index contributed by atoms with van der Waals surface area (Å²) in [6.07, 6.45) is 7.68. The summed E-state index contributed by atoms with van der Waals surface area (Å²) >= 11 is 1.49. The lowest BCUT2D eigenvalue weighted by Crippen LogP contribution is -2.41. The number of aromatic nitrogens is 1. The zero-order chi connectivity index (χ0) is 18.9. The van der Waals surface area contributed by atoms with Crippen LogP contribution in [0.25, 0.3) is 0 Å². The van der Waals surface area contributed by atoms with Gasteiger partial charge in [-0.1, -0.05) is 37.5 Å². The zero-order valence-electron chi connectivity index (χ0n) is 15.7. The molecule has 2 aromatic rings. The van der Waals surface area contributed by atoms with E-state index < -0.39 is 0 Å². The molecule has 1 aliphatic heterocycles. The highest BCUT2D eigenvalue weighted by Crippen LogP contribution is 2.42. The van der Waals surface area contributed by atoms with Crippen LogP contribution in [0.3, 0.4) is 0 Å². The Kier molecular flexibility index (Phi) is 5.00. The number of carbonyl (C=O) groups is 2. The smallest absolute Gasteiger partial charge is 0.254 e. The van der Waals surface area contributed by atoms with Gasteiger partial charge in [-0.3, -0.25) is 9.59 Å². The molecule has 2 heterocycles. The van der Waals surface area contributed by atoms with Crippen LogP contribution in [0, 0.1) is 12.3 Å². The van der Waals surface area contributed by atoms with Crippen molar-refractivity contribution in [2.24, 2.45) is 5.41 Å². The van der Waals surface area contributed by atoms with Crippen LogP contribution in [-0.4, -0.2) is 28.2 Å². The Balaban J connectivity index is 1.47. The summed E-state index contributed by atoms with van der Waals surface area (Å²) in [5.41, 5.74) is 1.77. The van der Waals surface area contributed by atoms with Crippen molar-refractivity contribution >= 4 is 28.3 Å². The molecule has 1 aliphatic carbocycles. The van der Waals surface area contributed by atoms with Gasteiger partial charge in [0.15, 0.2) is 5.13 Å². The number of benzene rings is 1. The maximum Gasteiger partial charge on any atom is 0.254 e. The molecule has 1 saturated carbocycles. The van der Waals surface area contributed by atoms with E-state index in [1.807, 2.05) is 36.1 Å². The van der Waals surface area contributed by atoms with E-state index in [1.54, 1.807) is 6.20 Å². The van der Waals surface area contributed by atoms with E-state index in [0.717, 1.165) is 41.7 Å². The van der Waals surface area contributed by atoms with Crippen molar-refractivity contribution in [1.29, 1.82) is 0 Å². The fourth-order valence-corrected chi connectivity index (χ4v) is 5.14. The van der Waals surface area contributed by atoms with Crippen molar-refractivity contribution in [3.05, 3.63) is 46.5 Å². The Morgan fingerprint density at radius 3 is 2.74 bits per heavy atom. The van der Waals surface area contributed by atoms with Crippen LogP contribution in [0.1, 0.15) is 59.3 Å². The van der Waals surface area contributed by atoms with Gasteiger partial charge in [-0.25, -0.2) is 4.98 Å². The van der Waals surface area contributed by atoms with Gasteiger partial charge in [-0.15, -0.1) is 11.3 Å². The molecular formula is C21H25N3O2S. The van der Waals surface area contributed by atoms with Gasteiger partial charge in [0.1, 0.15) is 0 Å². The number of nitrogens with one attached hydrogen (secondary N) is 1. The van der Waals surface area contributed by atoms with Gasteiger partial charge in [0, 0.05) is 36.1 Å². The summed E-state index contributed by atoms with van der Waals surface area (Å²) in [6.45, 7) is 3.29. The molecule has 0 spiro atoms. The predicted molar refractivity (Wildman–Crippen MR) is 107 cm³/mol. The van der Waals surface area contributed by atoms with Gasteiger partial charge in [-0.05, 0) is 36.8 Å². The molecule has 0 radical (unpaired) electrons. The number of aryl methyl sites for hydroxylation is 1. The third kappa shape index (κ3) is 3.90. The summed E-state index contributed by atoms with van der Waals surface area (Å²) in [7, 11) is 0. The molecule has 5 nitrogen and oxygen atoms in total. The van der Waals surface area contributed by atoms with Gasteiger partial charge in [-0.2, -0.15) is 0 Å². The lowest BCUT2D eigenvalue weighted by molar-refractivity contribution is -0.119. The van der Waals surface area contributed by atoms with Crippen molar-refractivity contribution in [1.82, 2.24) is 9.88 Å². The minimum atomic E-state index is -0.133. The maximum absolute atomic E-state index is 12.8. The fraction of sp³-hybridized carbons (Fsp3) is 0.476. The van der Waals surface area contributed by atoms with Crippen molar-refractivity contribution in [2.45, 2.75) is 52.0 Å². The average molecular weight is 384 g/mol. The van der Waals surface area contributed by atoms with Crippen LogP contribution >= 0.6 is 11.3 Å². The summed E-state index contributed by atoms with van der Waals surface area (Å²) < 4.78 is 0. The van der Waals surface area contributed by atoms with Crippen LogP contribution in [0.15, 0.2) is 30.5 Å². The molecule has 1 aromatic heterocycles. The molecule has 2 amide bonds. The largest absolute Gasteiger partial charge is 0.334 e. The maximum atomic E-state index is 12.8. The number of hydrogen-bond donors (Lipinski definition) is 1. The summed E-state index contributed by atoms with van der Waals surface area (Å²) in [4.78, 5) is 32.8. The quantitative estimate of drug-likeness (QED) is 0.833. The monoisotopic (exact) mass is 383 g/mol. The Bertz CT molecular complexity index is 855. The molecule has 4 rings (SSSR count). The lowest BCUT2D eigenvalue weighted by Gasteiger charge is -2.39. The van der Waals surface area contributed by atoms with Gasteiger partial charge in [0.25, 0.3) is 5.91 Å². The van der Waals surface area contributed by atoms with E-state index in [-0.39, 0.29) is 17.2 Å². The number of hydrogen-bond acceptors (Lipinski definition) is 4. The SMILES string of the molecule is Cc1cnc(NC(=O)CC2(CN3Cc4ccccc4C3=O)CCCCC2)s1. The number of fused-ring (bicyclic) bond motifs is 1. The molecule has 0 bridgehead atoms. The molecule has 1 N–H and O–H groups in total. The van der Waals surface area contributed by atoms with Crippen molar-refractivity contribution in [3.63, 3.8) is 0 Å². The number of rotatable bonds is 5. The first-order chi connectivity index (χ1) is 13.0. The minimum absolute atomic E-state index is 0.00964. The summed E-state index contributed by atoms with van der Waals surface area (Å²) in [5.74, 6) is 0.113. The first-order valence-electron chi connectivity index (χ1n) is 9.64. The standard InChI is InChI=1S/C21H25N3O2S/c1-15-12-22-20(27-15)23-18(25)11-21(9-5-2-6-10-21)14-24-13-16-7-3-4-8-17(16)19(24)26/h3-4,7-8,12H,2,5-6,9-11,13-14H2,1H3,(H,22,23,25). The highest BCUT2D eigenvalue weighted by molar-refractivity contribution is 7.15. The van der Waals surface area contributed by atoms with E-state index in [0.29, 0.717) is 24.6 Å². The summed E-state index contributed by atoms with van der Waals surface area (Å²) in [6, 6.07) is 7.83. The second kappa shape index (κ2) is 7.43. The predicted octanol–water partition coefficient (Wildman–Crippen LogP) is 4.39. The molecule has 27 heavy (non-hydrogen) atoms.